The minimum absolute atomic E-state index is 0.130. The average Bonchev–Trinajstić information content (AvgIpc) is 2.36. The Kier molecular flexibility index (Phi) is 5.14. The highest BCUT2D eigenvalue weighted by Crippen LogP contribution is 2.33. The lowest BCUT2D eigenvalue weighted by atomic mass is 10.1. The zero-order valence-electron chi connectivity index (χ0n) is 12.1. The summed E-state index contributed by atoms with van der Waals surface area (Å²) in [6.07, 6.45) is 0.813. The van der Waals surface area contributed by atoms with E-state index in [9.17, 15) is 0 Å². The van der Waals surface area contributed by atoms with E-state index in [0.717, 1.165) is 21.9 Å². The molecule has 2 N–H and O–H groups in total. The van der Waals surface area contributed by atoms with E-state index in [4.69, 9.17) is 17.3 Å². The second-order valence-electron chi connectivity index (χ2n) is 5.31. The molecule has 1 nitrogen and oxygen atoms in total. The maximum absolute atomic E-state index is 6.34. The van der Waals surface area contributed by atoms with Crippen LogP contribution in [0, 0.1) is 13.8 Å². The van der Waals surface area contributed by atoms with Crippen LogP contribution in [-0.2, 0) is 6.42 Å². The number of nitrogens with two attached hydrogens (primary N) is 1. The highest BCUT2D eigenvalue weighted by atomic mass is 35.5. The summed E-state index contributed by atoms with van der Waals surface area (Å²) in [7, 11) is 0. The van der Waals surface area contributed by atoms with Crippen LogP contribution in [0.3, 0.4) is 0 Å². The number of rotatable bonds is 4. The van der Waals surface area contributed by atoms with Crippen molar-refractivity contribution >= 4 is 23.4 Å². The average molecular weight is 306 g/mol. The van der Waals surface area contributed by atoms with Gasteiger partial charge in [0.05, 0.1) is 0 Å². The van der Waals surface area contributed by atoms with Gasteiger partial charge in [-0.15, -0.1) is 0 Å². The van der Waals surface area contributed by atoms with Crippen LogP contribution in [-0.4, -0.2) is 6.04 Å². The van der Waals surface area contributed by atoms with Crippen molar-refractivity contribution in [1.29, 1.82) is 0 Å². The van der Waals surface area contributed by atoms with Crippen molar-refractivity contribution < 1.29 is 0 Å². The molecule has 2 rings (SSSR count). The van der Waals surface area contributed by atoms with Gasteiger partial charge in [-0.05, 0) is 56.5 Å². The second-order valence-corrected chi connectivity index (χ2v) is 6.83. The van der Waals surface area contributed by atoms with Gasteiger partial charge in [-0.2, -0.15) is 0 Å². The Morgan fingerprint density at radius 3 is 2.50 bits per heavy atom. The third-order valence-electron chi connectivity index (χ3n) is 3.12. The first-order valence-corrected chi connectivity index (χ1v) is 7.94. The van der Waals surface area contributed by atoms with Gasteiger partial charge in [0.15, 0.2) is 0 Å². The molecule has 2 aromatic carbocycles. The molecule has 0 aliphatic heterocycles. The molecule has 0 spiro atoms. The quantitative estimate of drug-likeness (QED) is 0.860. The zero-order valence-corrected chi connectivity index (χ0v) is 13.7. The van der Waals surface area contributed by atoms with E-state index in [2.05, 4.69) is 44.2 Å². The van der Waals surface area contributed by atoms with Gasteiger partial charge in [0.2, 0.25) is 0 Å². The Bertz CT molecular complexity index is 608. The summed E-state index contributed by atoms with van der Waals surface area (Å²) in [6.45, 7) is 6.25. The number of aryl methyl sites for hydroxylation is 2. The van der Waals surface area contributed by atoms with Crippen molar-refractivity contribution in [3.05, 3.63) is 58.1 Å². The molecule has 3 heteroatoms. The highest BCUT2D eigenvalue weighted by molar-refractivity contribution is 7.99. The SMILES string of the molecule is Cc1ccc(Sc2ccc(CC(C)N)c(Cl)c2)c(C)c1. The molecule has 1 unspecified atom stereocenters. The van der Waals surface area contributed by atoms with Crippen molar-refractivity contribution in [2.75, 3.05) is 0 Å². The molecule has 0 saturated heterocycles. The smallest absolute Gasteiger partial charge is 0.0449 e. The number of benzene rings is 2. The molecule has 0 aliphatic carbocycles. The summed E-state index contributed by atoms with van der Waals surface area (Å²) in [5.41, 5.74) is 9.53. The molecule has 0 amide bonds. The van der Waals surface area contributed by atoms with Crippen LogP contribution in [0.4, 0.5) is 0 Å². The second kappa shape index (κ2) is 6.66. The lowest BCUT2D eigenvalue weighted by molar-refractivity contribution is 0.738. The lowest BCUT2D eigenvalue weighted by Crippen LogP contribution is -2.17. The largest absolute Gasteiger partial charge is 0.328 e. The first-order valence-electron chi connectivity index (χ1n) is 6.75. The van der Waals surface area contributed by atoms with E-state index in [1.165, 1.54) is 16.0 Å². The van der Waals surface area contributed by atoms with Gasteiger partial charge in [0.25, 0.3) is 0 Å². The van der Waals surface area contributed by atoms with Gasteiger partial charge in [-0.1, -0.05) is 47.1 Å². The molecule has 1 atom stereocenters. The van der Waals surface area contributed by atoms with Gasteiger partial charge in [-0.25, -0.2) is 0 Å². The minimum Gasteiger partial charge on any atom is -0.328 e. The van der Waals surface area contributed by atoms with Crippen molar-refractivity contribution in [3.63, 3.8) is 0 Å². The molecule has 0 radical (unpaired) electrons. The molecule has 2 aromatic rings. The summed E-state index contributed by atoms with van der Waals surface area (Å²) >= 11 is 8.08. The van der Waals surface area contributed by atoms with Crippen LogP contribution >= 0.6 is 23.4 Å². The third kappa shape index (κ3) is 4.02. The summed E-state index contributed by atoms with van der Waals surface area (Å²) in [5.74, 6) is 0. The van der Waals surface area contributed by atoms with Crippen molar-refractivity contribution in [1.82, 2.24) is 0 Å². The molecule has 20 heavy (non-hydrogen) atoms. The first-order chi connectivity index (χ1) is 9.45. The van der Waals surface area contributed by atoms with Crippen molar-refractivity contribution in [2.45, 2.75) is 43.0 Å². The van der Waals surface area contributed by atoms with Gasteiger partial charge < -0.3 is 5.73 Å². The van der Waals surface area contributed by atoms with E-state index < -0.39 is 0 Å². The molecular formula is C17H20ClNS. The van der Waals surface area contributed by atoms with Crippen LogP contribution in [0.5, 0.6) is 0 Å². The molecule has 0 saturated carbocycles. The normalized spacial score (nSPS) is 12.4. The van der Waals surface area contributed by atoms with E-state index in [1.54, 1.807) is 11.8 Å². The Morgan fingerprint density at radius 2 is 1.90 bits per heavy atom. The molecule has 106 valence electrons. The van der Waals surface area contributed by atoms with Gasteiger partial charge in [-0.3, -0.25) is 0 Å². The summed E-state index contributed by atoms with van der Waals surface area (Å²) in [5, 5.41) is 0.803. The maximum Gasteiger partial charge on any atom is 0.0449 e. The Balaban J connectivity index is 2.20. The summed E-state index contributed by atoms with van der Waals surface area (Å²) in [6, 6.07) is 12.9. The van der Waals surface area contributed by atoms with Crippen LogP contribution in [0.1, 0.15) is 23.6 Å². The number of hydrogen-bond acceptors (Lipinski definition) is 2. The fraction of sp³-hybridized carbons (Fsp3) is 0.294. The number of halogens is 1. The standard InChI is InChI=1S/C17H20ClNS/c1-11-4-7-17(12(2)8-11)20-15-6-5-14(9-13(3)19)16(18)10-15/h4-8,10,13H,9,19H2,1-3H3. The van der Waals surface area contributed by atoms with Crippen LogP contribution in [0.15, 0.2) is 46.2 Å². The van der Waals surface area contributed by atoms with Gasteiger partial charge in [0, 0.05) is 20.9 Å². The fourth-order valence-electron chi connectivity index (χ4n) is 2.14. The van der Waals surface area contributed by atoms with Crippen molar-refractivity contribution in [2.24, 2.45) is 5.73 Å². The van der Waals surface area contributed by atoms with Crippen LogP contribution < -0.4 is 5.73 Å². The molecule has 0 heterocycles. The molecule has 0 fully saturated rings. The van der Waals surface area contributed by atoms with E-state index in [0.29, 0.717) is 0 Å². The first kappa shape index (κ1) is 15.4. The van der Waals surface area contributed by atoms with Crippen LogP contribution in [0.25, 0.3) is 0 Å². The summed E-state index contributed by atoms with van der Waals surface area (Å²) < 4.78 is 0. The van der Waals surface area contributed by atoms with E-state index >= 15 is 0 Å². The van der Waals surface area contributed by atoms with Gasteiger partial charge >= 0.3 is 0 Å². The Morgan fingerprint density at radius 1 is 1.15 bits per heavy atom. The number of hydrogen-bond donors (Lipinski definition) is 1. The topological polar surface area (TPSA) is 26.0 Å². The zero-order chi connectivity index (χ0) is 14.7. The summed E-state index contributed by atoms with van der Waals surface area (Å²) in [4.78, 5) is 2.43. The van der Waals surface area contributed by atoms with Gasteiger partial charge in [0.1, 0.15) is 0 Å². The molecule has 0 aliphatic rings. The minimum atomic E-state index is 0.130. The lowest BCUT2D eigenvalue weighted by Gasteiger charge is -2.10. The predicted molar refractivity (Wildman–Crippen MR) is 88.8 cm³/mol. The Labute approximate surface area is 130 Å². The molecule has 0 aromatic heterocycles. The fourth-order valence-corrected chi connectivity index (χ4v) is 3.39. The Hall–Kier alpha value is -0.960. The monoisotopic (exact) mass is 305 g/mol. The molecular weight excluding hydrogens is 286 g/mol. The predicted octanol–water partition coefficient (Wildman–Crippen LogP) is 5.00. The van der Waals surface area contributed by atoms with Crippen LogP contribution in [0.2, 0.25) is 5.02 Å². The molecule has 0 bridgehead atoms. The maximum atomic E-state index is 6.34. The third-order valence-corrected chi connectivity index (χ3v) is 4.64. The van der Waals surface area contributed by atoms with Crippen molar-refractivity contribution in [3.8, 4) is 0 Å². The highest BCUT2D eigenvalue weighted by Gasteiger charge is 2.07. The van der Waals surface area contributed by atoms with E-state index in [-0.39, 0.29) is 6.04 Å². The van der Waals surface area contributed by atoms with E-state index in [1.807, 2.05) is 13.0 Å².